The van der Waals surface area contributed by atoms with E-state index in [2.05, 4.69) is 16.0 Å². The first-order chi connectivity index (χ1) is 13.0. The van der Waals surface area contributed by atoms with Crippen molar-refractivity contribution in [2.24, 2.45) is 0 Å². The molecule has 6 nitrogen and oxygen atoms in total. The molecule has 2 aliphatic rings. The highest BCUT2D eigenvalue weighted by molar-refractivity contribution is 5.79. The van der Waals surface area contributed by atoms with Crippen molar-refractivity contribution in [3.05, 3.63) is 52.7 Å². The summed E-state index contributed by atoms with van der Waals surface area (Å²) in [5, 5.41) is 4.10. The van der Waals surface area contributed by atoms with E-state index in [1.54, 1.807) is 12.1 Å². The van der Waals surface area contributed by atoms with Crippen LogP contribution in [0.1, 0.15) is 41.3 Å². The Balaban J connectivity index is 1.51. The average molecular weight is 372 g/mol. The van der Waals surface area contributed by atoms with Crippen LogP contribution in [0.5, 0.6) is 0 Å². The van der Waals surface area contributed by atoms with Gasteiger partial charge in [-0.25, -0.2) is 4.39 Å². The number of likely N-dealkylation sites (tertiary alicyclic amines) is 1. The Kier molecular flexibility index (Phi) is 4.97. The van der Waals surface area contributed by atoms with Gasteiger partial charge in [-0.1, -0.05) is 17.3 Å². The fourth-order valence-electron chi connectivity index (χ4n) is 4.27. The number of carbonyl (C=O) groups is 1. The Hall–Kier alpha value is -2.25. The van der Waals surface area contributed by atoms with E-state index in [9.17, 15) is 9.18 Å². The minimum Gasteiger partial charge on any atom is -0.360 e. The van der Waals surface area contributed by atoms with Crippen LogP contribution >= 0.6 is 0 Å². The molecule has 1 aromatic carbocycles. The van der Waals surface area contributed by atoms with Gasteiger partial charge in [-0.3, -0.25) is 15.6 Å². The van der Waals surface area contributed by atoms with Crippen molar-refractivity contribution in [1.29, 1.82) is 0 Å². The zero-order chi connectivity index (χ0) is 19.0. The van der Waals surface area contributed by atoms with E-state index >= 15 is 0 Å². The zero-order valence-electron chi connectivity index (χ0n) is 15.7. The Labute approximate surface area is 158 Å². The summed E-state index contributed by atoms with van der Waals surface area (Å²) in [7, 11) is 0. The van der Waals surface area contributed by atoms with Crippen LogP contribution in [0.3, 0.4) is 0 Å². The van der Waals surface area contributed by atoms with E-state index in [1.165, 1.54) is 12.1 Å². The maximum atomic E-state index is 13.1. The molecule has 0 aliphatic carbocycles. The van der Waals surface area contributed by atoms with E-state index in [4.69, 9.17) is 4.52 Å². The summed E-state index contributed by atoms with van der Waals surface area (Å²) in [6, 6.07) is 6.34. The standard InChI is InChI=1S/C20H25FN4O2/c1-12-13(2)24-27-20(12)16-11-22-23-19(16)17-4-3-9-25(17)18(26)10-14-5-7-15(21)8-6-14/h5-8,16-17,19,22-23H,3-4,9-11H2,1-2H3. The molecule has 0 saturated carbocycles. The van der Waals surface area contributed by atoms with E-state index in [0.717, 1.165) is 48.5 Å². The minimum atomic E-state index is -0.285. The Bertz CT molecular complexity index is 820. The normalized spacial score (nSPS) is 25.3. The first kappa shape index (κ1) is 18.1. The summed E-state index contributed by atoms with van der Waals surface area (Å²) >= 11 is 0. The number of hydrogen-bond donors (Lipinski definition) is 2. The summed E-state index contributed by atoms with van der Waals surface area (Å²) in [6.45, 7) is 5.48. The number of hydrogen-bond acceptors (Lipinski definition) is 5. The minimum absolute atomic E-state index is 0.0794. The van der Waals surface area contributed by atoms with Crippen molar-refractivity contribution in [3.8, 4) is 0 Å². The van der Waals surface area contributed by atoms with Crippen molar-refractivity contribution >= 4 is 5.91 Å². The molecule has 2 N–H and O–H groups in total. The molecule has 2 saturated heterocycles. The molecule has 27 heavy (non-hydrogen) atoms. The summed E-state index contributed by atoms with van der Waals surface area (Å²) in [5.74, 6) is 0.831. The molecule has 3 atom stereocenters. The summed E-state index contributed by atoms with van der Waals surface area (Å²) < 4.78 is 18.7. The SMILES string of the molecule is Cc1noc(C2CNNC2C2CCCN2C(=O)Cc2ccc(F)cc2)c1C. The highest BCUT2D eigenvalue weighted by atomic mass is 19.1. The maximum Gasteiger partial charge on any atom is 0.227 e. The number of amides is 1. The molecule has 3 unspecified atom stereocenters. The van der Waals surface area contributed by atoms with Crippen LogP contribution in [-0.2, 0) is 11.2 Å². The van der Waals surface area contributed by atoms with E-state index in [0.29, 0.717) is 6.42 Å². The van der Waals surface area contributed by atoms with Gasteiger partial charge in [0.05, 0.1) is 24.1 Å². The number of halogens is 1. The van der Waals surface area contributed by atoms with Crippen LogP contribution in [0.2, 0.25) is 0 Å². The average Bonchev–Trinajstić information content (AvgIpc) is 3.37. The lowest BCUT2D eigenvalue weighted by Crippen LogP contribution is -2.50. The number of aryl methyl sites for hydroxylation is 1. The lowest BCUT2D eigenvalue weighted by atomic mass is 9.89. The van der Waals surface area contributed by atoms with Gasteiger partial charge in [0.15, 0.2) is 0 Å². The molecular weight excluding hydrogens is 347 g/mol. The van der Waals surface area contributed by atoms with Crippen LogP contribution in [0, 0.1) is 19.7 Å². The van der Waals surface area contributed by atoms with Crippen molar-refractivity contribution in [3.63, 3.8) is 0 Å². The van der Waals surface area contributed by atoms with Gasteiger partial charge in [0, 0.05) is 24.7 Å². The molecule has 0 spiro atoms. The first-order valence-electron chi connectivity index (χ1n) is 9.49. The van der Waals surface area contributed by atoms with Crippen LogP contribution in [0.15, 0.2) is 28.8 Å². The molecule has 2 aliphatic heterocycles. The molecule has 7 heteroatoms. The second kappa shape index (κ2) is 7.40. The smallest absolute Gasteiger partial charge is 0.227 e. The number of hydrazine groups is 1. The van der Waals surface area contributed by atoms with Crippen LogP contribution in [-0.4, -0.2) is 41.1 Å². The van der Waals surface area contributed by atoms with Gasteiger partial charge in [-0.15, -0.1) is 0 Å². The van der Waals surface area contributed by atoms with Gasteiger partial charge < -0.3 is 9.42 Å². The molecule has 144 valence electrons. The highest BCUT2D eigenvalue weighted by Gasteiger charge is 2.43. The number of rotatable bonds is 4. The number of benzene rings is 1. The van der Waals surface area contributed by atoms with Gasteiger partial charge >= 0.3 is 0 Å². The third kappa shape index (κ3) is 3.49. The van der Waals surface area contributed by atoms with E-state index in [-0.39, 0.29) is 29.7 Å². The second-order valence-corrected chi connectivity index (χ2v) is 7.51. The number of nitrogens with zero attached hydrogens (tertiary/aromatic N) is 2. The van der Waals surface area contributed by atoms with Crippen molar-refractivity contribution in [2.75, 3.05) is 13.1 Å². The van der Waals surface area contributed by atoms with Gasteiger partial charge in [0.1, 0.15) is 11.6 Å². The van der Waals surface area contributed by atoms with Crippen molar-refractivity contribution < 1.29 is 13.7 Å². The summed E-state index contributed by atoms with van der Waals surface area (Å²) in [6.07, 6.45) is 2.23. The zero-order valence-corrected chi connectivity index (χ0v) is 15.7. The van der Waals surface area contributed by atoms with Crippen LogP contribution < -0.4 is 10.9 Å². The molecule has 3 heterocycles. The molecule has 2 fully saturated rings. The number of aromatic nitrogens is 1. The lowest BCUT2D eigenvalue weighted by molar-refractivity contribution is -0.131. The predicted molar refractivity (Wildman–Crippen MR) is 98.5 cm³/mol. The summed E-state index contributed by atoms with van der Waals surface area (Å²) in [5.41, 5.74) is 9.42. The Morgan fingerprint density at radius 1 is 1.33 bits per heavy atom. The van der Waals surface area contributed by atoms with Gasteiger partial charge in [0.25, 0.3) is 0 Å². The predicted octanol–water partition coefficient (Wildman–Crippen LogP) is 2.22. The third-order valence-corrected chi connectivity index (χ3v) is 5.86. The maximum absolute atomic E-state index is 13.1. The Morgan fingerprint density at radius 3 is 2.81 bits per heavy atom. The molecule has 1 amide bonds. The monoisotopic (exact) mass is 372 g/mol. The highest BCUT2D eigenvalue weighted by Crippen LogP contribution is 2.33. The molecule has 4 rings (SSSR count). The molecule has 0 bridgehead atoms. The van der Waals surface area contributed by atoms with Crippen LogP contribution in [0.25, 0.3) is 0 Å². The van der Waals surface area contributed by atoms with E-state index < -0.39 is 0 Å². The fraction of sp³-hybridized carbons (Fsp3) is 0.500. The first-order valence-corrected chi connectivity index (χ1v) is 9.49. The summed E-state index contributed by atoms with van der Waals surface area (Å²) in [4.78, 5) is 14.9. The van der Waals surface area contributed by atoms with Gasteiger partial charge in [-0.05, 0) is 44.4 Å². The van der Waals surface area contributed by atoms with Gasteiger partial charge in [0.2, 0.25) is 5.91 Å². The third-order valence-electron chi connectivity index (χ3n) is 5.86. The van der Waals surface area contributed by atoms with Gasteiger partial charge in [-0.2, -0.15) is 0 Å². The molecule has 2 aromatic rings. The fourth-order valence-corrected chi connectivity index (χ4v) is 4.27. The van der Waals surface area contributed by atoms with Crippen LogP contribution in [0.4, 0.5) is 4.39 Å². The van der Waals surface area contributed by atoms with Crippen molar-refractivity contribution in [1.82, 2.24) is 20.9 Å². The number of carbonyl (C=O) groups excluding carboxylic acids is 1. The topological polar surface area (TPSA) is 70.4 Å². The molecular formula is C20H25FN4O2. The van der Waals surface area contributed by atoms with E-state index in [1.807, 2.05) is 18.7 Å². The Morgan fingerprint density at radius 2 is 2.11 bits per heavy atom. The quantitative estimate of drug-likeness (QED) is 0.861. The van der Waals surface area contributed by atoms with Crippen molar-refractivity contribution in [2.45, 2.75) is 51.1 Å². The largest absolute Gasteiger partial charge is 0.360 e. The molecule has 0 radical (unpaired) electrons. The lowest BCUT2D eigenvalue weighted by Gasteiger charge is -2.32. The second-order valence-electron chi connectivity index (χ2n) is 7.51. The number of nitrogens with one attached hydrogen (secondary N) is 2. The molecule has 1 aromatic heterocycles.